The van der Waals surface area contributed by atoms with Gasteiger partial charge >= 0.3 is 0 Å². The van der Waals surface area contributed by atoms with E-state index in [4.69, 9.17) is 12.2 Å². The van der Waals surface area contributed by atoms with Gasteiger partial charge in [0.15, 0.2) is 5.82 Å². The first-order valence-corrected chi connectivity index (χ1v) is 5.98. The zero-order valence-electron chi connectivity index (χ0n) is 10.4. The number of nitrogens with zero attached hydrogens (tertiary/aromatic N) is 1. The molecule has 0 bridgehead atoms. The van der Waals surface area contributed by atoms with Crippen molar-refractivity contribution in [2.24, 2.45) is 0 Å². The Morgan fingerprint density at radius 3 is 2.33 bits per heavy atom. The van der Waals surface area contributed by atoms with Crippen molar-refractivity contribution in [3.05, 3.63) is 46.2 Å². The fourth-order valence-corrected chi connectivity index (χ4v) is 1.88. The first kappa shape index (κ1) is 13.0. The Morgan fingerprint density at radius 2 is 1.83 bits per heavy atom. The van der Waals surface area contributed by atoms with E-state index < -0.39 is 11.6 Å². The van der Waals surface area contributed by atoms with Crippen LogP contribution in [-0.2, 0) is 5.41 Å². The predicted octanol–water partition coefficient (Wildman–Crippen LogP) is 4.11. The molecule has 1 N–H and O–H groups in total. The van der Waals surface area contributed by atoms with Crippen molar-refractivity contribution in [1.82, 2.24) is 9.78 Å². The van der Waals surface area contributed by atoms with Gasteiger partial charge in [0.1, 0.15) is 10.5 Å². The third-order valence-electron chi connectivity index (χ3n) is 2.68. The molecule has 1 aromatic carbocycles. The number of aromatic amines is 1. The summed E-state index contributed by atoms with van der Waals surface area (Å²) in [6.45, 7) is 6.08. The molecule has 0 amide bonds. The first-order chi connectivity index (χ1) is 8.29. The summed E-state index contributed by atoms with van der Waals surface area (Å²) in [6.07, 6.45) is 0. The van der Waals surface area contributed by atoms with Gasteiger partial charge in [-0.05, 0) is 18.2 Å². The van der Waals surface area contributed by atoms with E-state index in [1.807, 2.05) is 20.8 Å². The van der Waals surface area contributed by atoms with E-state index in [2.05, 4.69) is 5.10 Å². The third kappa shape index (κ3) is 2.36. The van der Waals surface area contributed by atoms with Crippen molar-refractivity contribution < 1.29 is 8.78 Å². The second kappa shape index (κ2) is 4.31. The molecule has 0 aliphatic rings. The lowest BCUT2D eigenvalue weighted by atomic mass is 9.93. The molecule has 2 rings (SSSR count). The van der Waals surface area contributed by atoms with E-state index in [0.717, 1.165) is 11.8 Å². The van der Waals surface area contributed by atoms with Crippen molar-refractivity contribution in [2.45, 2.75) is 26.2 Å². The standard InChI is InChI=1S/C13H14F2N2S/c1-13(2,3)11-7-12(18)17(16-11)10-5-4-8(14)6-9(10)15/h4-7,16H,1-3H3. The van der Waals surface area contributed by atoms with E-state index in [0.29, 0.717) is 4.64 Å². The van der Waals surface area contributed by atoms with Gasteiger partial charge in [-0.2, -0.15) is 0 Å². The summed E-state index contributed by atoms with van der Waals surface area (Å²) in [7, 11) is 0. The third-order valence-corrected chi connectivity index (χ3v) is 2.98. The smallest absolute Gasteiger partial charge is 0.151 e. The highest BCUT2D eigenvalue weighted by atomic mass is 32.1. The number of hydrogen-bond acceptors (Lipinski definition) is 1. The summed E-state index contributed by atoms with van der Waals surface area (Å²) < 4.78 is 28.5. The molecule has 96 valence electrons. The van der Waals surface area contributed by atoms with Gasteiger partial charge in [-0.25, -0.2) is 13.5 Å². The second-order valence-corrected chi connectivity index (χ2v) is 5.61. The molecule has 0 saturated heterocycles. The lowest BCUT2D eigenvalue weighted by Crippen LogP contribution is -2.12. The van der Waals surface area contributed by atoms with E-state index in [9.17, 15) is 8.78 Å². The summed E-state index contributed by atoms with van der Waals surface area (Å²) in [6, 6.07) is 5.20. The maximum Gasteiger partial charge on any atom is 0.151 e. The summed E-state index contributed by atoms with van der Waals surface area (Å²) >= 11 is 5.19. The lowest BCUT2D eigenvalue weighted by molar-refractivity contribution is 0.550. The highest BCUT2D eigenvalue weighted by molar-refractivity contribution is 7.71. The van der Waals surface area contributed by atoms with Gasteiger partial charge in [0.05, 0.1) is 5.69 Å². The van der Waals surface area contributed by atoms with Gasteiger partial charge in [-0.1, -0.05) is 33.0 Å². The molecule has 1 heterocycles. The topological polar surface area (TPSA) is 20.7 Å². The van der Waals surface area contributed by atoms with Gasteiger partial charge in [-0.15, -0.1) is 0 Å². The summed E-state index contributed by atoms with van der Waals surface area (Å²) in [5.74, 6) is -1.25. The molecule has 0 radical (unpaired) electrons. The van der Waals surface area contributed by atoms with Crippen LogP contribution < -0.4 is 0 Å². The van der Waals surface area contributed by atoms with Gasteiger partial charge in [-0.3, -0.25) is 5.10 Å². The Kier molecular flexibility index (Phi) is 3.11. The summed E-state index contributed by atoms with van der Waals surface area (Å²) in [5.41, 5.74) is 1.00. The normalized spacial score (nSPS) is 11.8. The number of benzene rings is 1. The van der Waals surface area contributed by atoms with E-state index in [1.165, 1.54) is 16.8 Å². The molecule has 18 heavy (non-hydrogen) atoms. The summed E-state index contributed by atoms with van der Waals surface area (Å²) in [4.78, 5) is 0. The molecule has 5 heteroatoms. The Morgan fingerprint density at radius 1 is 1.17 bits per heavy atom. The van der Waals surface area contributed by atoms with Gasteiger partial charge in [0.2, 0.25) is 0 Å². The second-order valence-electron chi connectivity index (χ2n) is 5.19. The first-order valence-electron chi connectivity index (χ1n) is 5.57. The SMILES string of the molecule is CC(C)(C)c1cc(=S)n(-c2ccc(F)cc2F)[nH]1. The van der Waals surface area contributed by atoms with Crippen molar-refractivity contribution in [3.8, 4) is 5.69 Å². The molecule has 0 fully saturated rings. The Balaban J connectivity index is 2.58. The fourth-order valence-electron chi connectivity index (χ4n) is 1.62. The molecule has 0 atom stereocenters. The van der Waals surface area contributed by atoms with Gasteiger partial charge in [0.25, 0.3) is 0 Å². The molecule has 2 nitrogen and oxygen atoms in total. The van der Waals surface area contributed by atoms with E-state index in [-0.39, 0.29) is 11.1 Å². The van der Waals surface area contributed by atoms with Crippen molar-refractivity contribution in [2.75, 3.05) is 0 Å². The minimum absolute atomic E-state index is 0.116. The van der Waals surface area contributed by atoms with Crippen LogP contribution in [0, 0.1) is 16.3 Å². The van der Waals surface area contributed by atoms with Gasteiger partial charge in [0, 0.05) is 17.2 Å². The van der Waals surface area contributed by atoms with Crippen LogP contribution in [0.2, 0.25) is 0 Å². The van der Waals surface area contributed by atoms with E-state index in [1.54, 1.807) is 6.07 Å². The van der Waals surface area contributed by atoms with Crippen LogP contribution in [-0.4, -0.2) is 9.78 Å². The average molecular weight is 268 g/mol. The summed E-state index contributed by atoms with van der Waals surface area (Å²) in [5, 5.41) is 3.05. The average Bonchev–Trinajstić information content (AvgIpc) is 2.60. The number of hydrogen-bond donors (Lipinski definition) is 1. The zero-order chi connectivity index (χ0) is 13.5. The fraction of sp³-hybridized carbons (Fsp3) is 0.308. The van der Waals surface area contributed by atoms with Crippen LogP contribution in [0.1, 0.15) is 26.5 Å². The quantitative estimate of drug-likeness (QED) is 0.772. The maximum absolute atomic E-state index is 13.7. The van der Waals surface area contributed by atoms with Gasteiger partial charge < -0.3 is 0 Å². The monoisotopic (exact) mass is 268 g/mol. The molecule has 2 aromatic rings. The van der Waals surface area contributed by atoms with Crippen LogP contribution >= 0.6 is 12.2 Å². The van der Waals surface area contributed by atoms with Crippen molar-refractivity contribution >= 4 is 12.2 Å². The molecule has 0 aliphatic carbocycles. The minimum atomic E-state index is -0.645. The molecular formula is C13H14F2N2S. The van der Waals surface area contributed by atoms with Crippen LogP contribution in [0.5, 0.6) is 0 Å². The predicted molar refractivity (Wildman–Crippen MR) is 69.6 cm³/mol. The molecule has 0 saturated carbocycles. The highest BCUT2D eigenvalue weighted by Gasteiger charge is 2.18. The highest BCUT2D eigenvalue weighted by Crippen LogP contribution is 2.23. The number of H-pyrrole nitrogens is 1. The largest absolute Gasteiger partial charge is 0.296 e. The Bertz CT molecular complexity index is 635. The Hall–Kier alpha value is -1.49. The van der Waals surface area contributed by atoms with Crippen molar-refractivity contribution in [1.29, 1.82) is 0 Å². The molecular weight excluding hydrogens is 254 g/mol. The van der Waals surface area contributed by atoms with E-state index >= 15 is 0 Å². The van der Waals surface area contributed by atoms with Crippen LogP contribution in [0.15, 0.2) is 24.3 Å². The lowest BCUT2D eigenvalue weighted by Gasteiger charge is -2.15. The number of aromatic nitrogens is 2. The van der Waals surface area contributed by atoms with Crippen LogP contribution in [0.3, 0.4) is 0 Å². The number of halogens is 2. The number of rotatable bonds is 1. The minimum Gasteiger partial charge on any atom is -0.296 e. The molecule has 0 spiro atoms. The Labute approximate surface area is 109 Å². The molecule has 0 unspecified atom stereocenters. The molecule has 0 aliphatic heterocycles. The maximum atomic E-state index is 13.7. The van der Waals surface area contributed by atoms with Crippen molar-refractivity contribution in [3.63, 3.8) is 0 Å². The molecule has 1 aromatic heterocycles. The van der Waals surface area contributed by atoms with Crippen LogP contribution in [0.4, 0.5) is 8.78 Å². The zero-order valence-corrected chi connectivity index (χ0v) is 11.2. The number of nitrogens with one attached hydrogen (secondary N) is 1. The van der Waals surface area contributed by atoms with Crippen LogP contribution in [0.25, 0.3) is 5.69 Å².